The maximum Gasteiger partial charge on any atom is 0.260 e. The van der Waals surface area contributed by atoms with Crippen molar-refractivity contribution in [1.29, 1.82) is 0 Å². The highest BCUT2D eigenvalue weighted by atomic mass is 32.2. The first-order chi connectivity index (χ1) is 17.7. The van der Waals surface area contributed by atoms with E-state index >= 15 is 0 Å². The minimum absolute atomic E-state index is 0.0254. The van der Waals surface area contributed by atoms with E-state index in [1.54, 1.807) is 24.5 Å². The fourth-order valence-corrected chi connectivity index (χ4v) is 7.00. The number of rotatable bonds is 6. The molecule has 1 unspecified atom stereocenters. The van der Waals surface area contributed by atoms with Crippen LogP contribution >= 0.6 is 11.3 Å². The molecule has 1 aliphatic rings. The van der Waals surface area contributed by atoms with Gasteiger partial charge in [-0.15, -0.1) is 0 Å². The normalized spacial score (nSPS) is 16.7. The molecule has 1 saturated heterocycles. The van der Waals surface area contributed by atoms with Crippen LogP contribution < -0.4 is 4.90 Å². The van der Waals surface area contributed by atoms with E-state index < -0.39 is 27.6 Å². The summed E-state index contributed by atoms with van der Waals surface area (Å²) in [4.78, 5) is 23.5. The number of carbonyl (C=O) groups excluding carboxylic acids is 1. The fourth-order valence-electron chi connectivity index (χ4n) is 4.40. The second kappa shape index (κ2) is 10.2. The van der Waals surface area contributed by atoms with Crippen LogP contribution in [0.25, 0.3) is 10.2 Å². The zero-order valence-electron chi connectivity index (χ0n) is 20.0. The van der Waals surface area contributed by atoms with E-state index in [-0.39, 0.29) is 38.3 Å². The summed E-state index contributed by atoms with van der Waals surface area (Å²) in [6.45, 7) is 3.06. The molecule has 1 fully saturated rings. The number of thiazole rings is 1. The molecule has 0 saturated carbocycles. The maximum atomic E-state index is 14.3. The Hall–Kier alpha value is -3.28. The minimum Gasteiger partial charge on any atom is -0.279 e. The number of carbonyl (C=O) groups is 1. The van der Waals surface area contributed by atoms with Crippen LogP contribution in [0, 0.1) is 17.6 Å². The summed E-state index contributed by atoms with van der Waals surface area (Å²) in [5.41, 5.74) is 0.920. The number of piperidine rings is 1. The Morgan fingerprint density at radius 1 is 1.19 bits per heavy atom. The van der Waals surface area contributed by atoms with Gasteiger partial charge in [-0.3, -0.25) is 14.7 Å². The van der Waals surface area contributed by atoms with Gasteiger partial charge in [0.1, 0.15) is 11.3 Å². The monoisotopic (exact) mass is 542 g/mol. The van der Waals surface area contributed by atoms with Gasteiger partial charge in [0, 0.05) is 37.1 Å². The van der Waals surface area contributed by atoms with Crippen LogP contribution in [-0.4, -0.2) is 41.7 Å². The molecular weight excluding hydrogens is 518 g/mol. The molecule has 0 spiro atoms. The summed E-state index contributed by atoms with van der Waals surface area (Å²) in [7, 11) is -3.67. The minimum atomic E-state index is -3.67. The summed E-state index contributed by atoms with van der Waals surface area (Å²) >= 11 is 0.993. The van der Waals surface area contributed by atoms with E-state index in [0.29, 0.717) is 18.7 Å². The average molecular weight is 543 g/mol. The number of benzene rings is 2. The highest BCUT2D eigenvalue weighted by Gasteiger charge is 2.29. The van der Waals surface area contributed by atoms with Crippen LogP contribution in [0.15, 0.2) is 65.8 Å². The maximum absolute atomic E-state index is 14.3. The number of hydrogen-bond donors (Lipinski definition) is 0. The van der Waals surface area contributed by atoms with Crippen molar-refractivity contribution in [2.45, 2.75) is 31.2 Å². The third-order valence-electron chi connectivity index (χ3n) is 6.30. The summed E-state index contributed by atoms with van der Waals surface area (Å²) in [5, 5.41) is 0.187. The molecule has 1 atom stereocenters. The van der Waals surface area contributed by atoms with E-state index in [1.165, 1.54) is 39.5 Å². The number of anilines is 1. The molecule has 0 radical (unpaired) electrons. The third-order valence-corrected chi connectivity index (χ3v) is 9.20. The Morgan fingerprint density at radius 3 is 2.68 bits per heavy atom. The Bertz CT molecular complexity index is 1540. The highest BCUT2D eigenvalue weighted by Crippen LogP contribution is 2.33. The van der Waals surface area contributed by atoms with Gasteiger partial charge < -0.3 is 0 Å². The van der Waals surface area contributed by atoms with Crippen LogP contribution in [0.4, 0.5) is 13.9 Å². The second-order valence-electron chi connectivity index (χ2n) is 9.12. The number of nitrogens with zero attached hydrogens (tertiary/aromatic N) is 4. The lowest BCUT2D eigenvalue weighted by atomic mass is 10.0. The van der Waals surface area contributed by atoms with Gasteiger partial charge in [-0.2, -0.15) is 4.31 Å². The predicted molar refractivity (Wildman–Crippen MR) is 138 cm³/mol. The molecule has 37 heavy (non-hydrogen) atoms. The summed E-state index contributed by atoms with van der Waals surface area (Å²) < 4.78 is 56.1. The first-order valence-corrected chi connectivity index (χ1v) is 14.0. The van der Waals surface area contributed by atoms with Gasteiger partial charge >= 0.3 is 0 Å². The summed E-state index contributed by atoms with van der Waals surface area (Å²) in [5.74, 6) is -1.71. The fraction of sp³-hybridized carbons (Fsp3) is 0.269. The lowest BCUT2D eigenvalue weighted by molar-refractivity contribution is 0.0985. The smallest absolute Gasteiger partial charge is 0.260 e. The number of hydrogen-bond acceptors (Lipinski definition) is 6. The molecule has 0 bridgehead atoms. The molecule has 1 aliphatic heterocycles. The summed E-state index contributed by atoms with van der Waals surface area (Å²) in [6.07, 6.45) is 5.01. The highest BCUT2D eigenvalue weighted by molar-refractivity contribution is 7.89. The largest absolute Gasteiger partial charge is 0.279 e. The van der Waals surface area contributed by atoms with Crippen molar-refractivity contribution in [1.82, 2.24) is 14.3 Å². The quantitative estimate of drug-likeness (QED) is 0.333. The van der Waals surface area contributed by atoms with E-state index in [1.807, 2.05) is 6.92 Å². The standard InChI is InChI=1S/C26H24F2N4O3S2/c1-17-4-3-11-31(15-17)37(34,35)21-8-6-19(7-9-21)25(33)32(16-18-5-2-10-29-14-18)26-30-24-22(28)12-20(27)13-23(24)36-26/h2,5-10,12-14,17H,3-4,11,15-16H2,1H3. The van der Waals surface area contributed by atoms with Crippen LogP contribution in [-0.2, 0) is 16.6 Å². The second-order valence-corrected chi connectivity index (χ2v) is 12.1. The SMILES string of the molecule is CC1CCCN(S(=O)(=O)c2ccc(C(=O)N(Cc3cccnc3)c3nc4c(F)cc(F)cc4s3)cc2)C1. The number of halogens is 2. The number of amides is 1. The first-order valence-electron chi connectivity index (χ1n) is 11.8. The molecule has 3 heterocycles. The van der Waals surface area contributed by atoms with E-state index in [2.05, 4.69) is 9.97 Å². The Kier molecular flexibility index (Phi) is 7.02. The van der Waals surface area contributed by atoms with Gasteiger partial charge in [0.2, 0.25) is 10.0 Å². The van der Waals surface area contributed by atoms with Gasteiger partial charge in [0.05, 0.1) is 16.1 Å². The molecule has 0 N–H and O–H groups in total. The average Bonchev–Trinajstić information content (AvgIpc) is 3.32. The van der Waals surface area contributed by atoms with Gasteiger partial charge in [-0.1, -0.05) is 24.3 Å². The summed E-state index contributed by atoms with van der Waals surface area (Å²) in [6, 6.07) is 11.2. The van der Waals surface area contributed by atoms with E-state index in [0.717, 1.165) is 30.2 Å². The van der Waals surface area contributed by atoms with Crippen LogP contribution in [0.1, 0.15) is 35.7 Å². The van der Waals surface area contributed by atoms with Crippen LogP contribution in [0.3, 0.4) is 0 Å². The van der Waals surface area contributed by atoms with Crippen molar-refractivity contribution >= 4 is 42.6 Å². The molecular formula is C26H24F2N4O3S2. The molecule has 7 nitrogen and oxygen atoms in total. The van der Waals surface area contributed by atoms with Gasteiger partial charge in [-0.05, 0) is 60.7 Å². The molecule has 2 aromatic carbocycles. The van der Waals surface area contributed by atoms with Gasteiger partial charge in [0.25, 0.3) is 5.91 Å². The molecule has 5 rings (SSSR count). The zero-order valence-corrected chi connectivity index (χ0v) is 21.6. The van der Waals surface area contributed by atoms with Crippen molar-refractivity contribution in [3.05, 3.63) is 83.7 Å². The van der Waals surface area contributed by atoms with Crippen molar-refractivity contribution in [2.75, 3.05) is 18.0 Å². The Balaban J connectivity index is 1.48. The van der Waals surface area contributed by atoms with Crippen LogP contribution in [0.2, 0.25) is 0 Å². The lowest BCUT2D eigenvalue weighted by Crippen LogP contribution is -2.39. The molecule has 11 heteroatoms. The Morgan fingerprint density at radius 2 is 1.97 bits per heavy atom. The van der Waals surface area contributed by atoms with Crippen molar-refractivity contribution in [2.24, 2.45) is 5.92 Å². The van der Waals surface area contributed by atoms with Crippen LogP contribution in [0.5, 0.6) is 0 Å². The number of aromatic nitrogens is 2. The van der Waals surface area contributed by atoms with E-state index in [4.69, 9.17) is 0 Å². The first kappa shape index (κ1) is 25.4. The van der Waals surface area contributed by atoms with Crippen molar-refractivity contribution < 1.29 is 22.0 Å². The van der Waals surface area contributed by atoms with Gasteiger partial charge in [-0.25, -0.2) is 22.2 Å². The topological polar surface area (TPSA) is 83.5 Å². The molecule has 192 valence electrons. The van der Waals surface area contributed by atoms with Crippen molar-refractivity contribution in [3.8, 4) is 0 Å². The Labute approximate surface area is 217 Å². The molecule has 4 aromatic rings. The molecule has 2 aromatic heterocycles. The third kappa shape index (κ3) is 5.25. The number of fused-ring (bicyclic) bond motifs is 1. The number of sulfonamides is 1. The number of pyridine rings is 1. The zero-order chi connectivity index (χ0) is 26.2. The molecule has 1 amide bonds. The van der Waals surface area contributed by atoms with Crippen molar-refractivity contribution in [3.63, 3.8) is 0 Å². The van der Waals surface area contributed by atoms with Gasteiger partial charge in [0.15, 0.2) is 10.9 Å². The van der Waals surface area contributed by atoms with E-state index in [9.17, 15) is 22.0 Å². The lowest BCUT2D eigenvalue weighted by Gasteiger charge is -2.30. The molecule has 0 aliphatic carbocycles. The predicted octanol–water partition coefficient (Wildman–Crippen LogP) is 5.24.